The van der Waals surface area contributed by atoms with Crippen LogP contribution in [-0.2, 0) is 0 Å². The lowest BCUT2D eigenvalue weighted by Gasteiger charge is -2.29. The Hall–Kier alpha value is -2.13. The lowest BCUT2D eigenvalue weighted by molar-refractivity contribution is 0.0954. The molecule has 0 bridgehead atoms. The molecular formula is C23H32IN5O. The zero-order valence-corrected chi connectivity index (χ0v) is 19.8. The van der Waals surface area contributed by atoms with Crippen molar-refractivity contribution in [3.63, 3.8) is 0 Å². The Morgan fingerprint density at radius 1 is 0.933 bits per heavy atom. The highest BCUT2D eigenvalue weighted by atomic mass is 127. The van der Waals surface area contributed by atoms with Crippen molar-refractivity contribution in [2.24, 2.45) is 4.99 Å². The molecule has 30 heavy (non-hydrogen) atoms. The van der Waals surface area contributed by atoms with Crippen molar-refractivity contribution in [2.45, 2.75) is 18.9 Å². The number of benzene rings is 2. The lowest BCUT2D eigenvalue weighted by Crippen LogP contribution is -2.44. The first-order chi connectivity index (χ1) is 14.3. The Labute approximate surface area is 196 Å². The molecule has 2 aromatic carbocycles. The van der Waals surface area contributed by atoms with Gasteiger partial charge in [-0.1, -0.05) is 48.5 Å². The fourth-order valence-corrected chi connectivity index (χ4v) is 3.65. The highest BCUT2D eigenvalue weighted by molar-refractivity contribution is 14.0. The number of nitrogens with zero attached hydrogens (tertiary/aromatic N) is 2. The van der Waals surface area contributed by atoms with Gasteiger partial charge in [-0.05, 0) is 43.6 Å². The lowest BCUT2D eigenvalue weighted by atomic mass is 10.1. The standard InChI is InChI=1S/C23H31N5O.HI/c1-24-23(26-15-14-25-22(29)20-12-6-3-7-13-20)27-18-21(28-16-8-9-17-28)19-10-4-2-5-11-19;/h2-7,10-13,21H,8-9,14-18H2,1H3,(H,25,29)(H2,24,26,27);1H. The normalized spacial score (nSPS) is 15.2. The Bertz CT molecular complexity index is 779. The third-order valence-corrected chi connectivity index (χ3v) is 5.19. The summed E-state index contributed by atoms with van der Waals surface area (Å²) >= 11 is 0. The number of rotatable bonds is 8. The fourth-order valence-electron chi connectivity index (χ4n) is 3.65. The minimum Gasteiger partial charge on any atom is -0.355 e. The molecule has 1 atom stereocenters. The SMILES string of the molecule is CN=C(NCCNC(=O)c1ccccc1)NCC(c1ccccc1)N1CCCC1.I. The summed E-state index contributed by atoms with van der Waals surface area (Å²) in [6.45, 7) is 4.21. The molecule has 1 aliphatic heterocycles. The molecule has 1 unspecified atom stereocenters. The smallest absolute Gasteiger partial charge is 0.251 e. The molecule has 1 fully saturated rings. The van der Waals surface area contributed by atoms with Crippen molar-refractivity contribution in [1.82, 2.24) is 20.9 Å². The number of amides is 1. The highest BCUT2D eigenvalue weighted by Crippen LogP contribution is 2.24. The van der Waals surface area contributed by atoms with Gasteiger partial charge >= 0.3 is 0 Å². The molecule has 7 heteroatoms. The van der Waals surface area contributed by atoms with E-state index >= 15 is 0 Å². The zero-order valence-electron chi connectivity index (χ0n) is 17.5. The Balaban J connectivity index is 0.00000320. The van der Waals surface area contributed by atoms with Gasteiger partial charge in [0.25, 0.3) is 5.91 Å². The number of halogens is 1. The van der Waals surface area contributed by atoms with E-state index in [1.165, 1.54) is 18.4 Å². The van der Waals surface area contributed by atoms with E-state index in [4.69, 9.17) is 0 Å². The minimum atomic E-state index is -0.0616. The summed E-state index contributed by atoms with van der Waals surface area (Å²) in [6.07, 6.45) is 2.52. The van der Waals surface area contributed by atoms with Crippen LogP contribution < -0.4 is 16.0 Å². The third-order valence-electron chi connectivity index (χ3n) is 5.19. The van der Waals surface area contributed by atoms with E-state index in [1.54, 1.807) is 7.05 Å². The predicted octanol–water partition coefficient (Wildman–Crippen LogP) is 3.04. The summed E-state index contributed by atoms with van der Waals surface area (Å²) in [4.78, 5) is 18.9. The van der Waals surface area contributed by atoms with E-state index in [-0.39, 0.29) is 29.9 Å². The molecule has 1 heterocycles. The van der Waals surface area contributed by atoms with Crippen molar-refractivity contribution in [3.05, 3.63) is 71.8 Å². The number of carbonyl (C=O) groups is 1. The summed E-state index contributed by atoms with van der Waals surface area (Å²) in [7, 11) is 1.77. The van der Waals surface area contributed by atoms with Crippen LogP contribution in [0.1, 0.15) is 34.8 Å². The van der Waals surface area contributed by atoms with E-state index < -0.39 is 0 Å². The summed E-state index contributed by atoms with van der Waals surface area (Å²) in [5.74, 6) is 0.688. The summed E-state index contributed by atoms with van der Waals surface area (Å²) in [6, 6.07) is 20.2. The van der Waals surface area contributed by atoms with Crippen LogP contribution in [0.25, 0.3) is 0 Å². The molecule has 3 N–H and O–H groups in total. The molecule has 2 aromatic rings. The molecule has 6 nitrogen and oxygen atoms in total. The summed E-state index contributed by atoms with van der Waals surface area (Å²) < 4.78 is 0. The minimum absolute atomic E-state index is 0. The van der Waals surface area contributed by atoms with Crippen molar-refractivity contribution in [2.75, 3.05) is 39.8 Å². The average molecular weight is 521 g/mol. The van der Waals surface area contributed by atoms with Gasteiger partial charge in [0.15, 0.2) is 5.96 Å². The predicted molar refractivity (Wildman–Crippen MR) is 134 cm³/mol. The zero-order chi connectivity index (χ0) is 20.3. The maximum atomic E-state index is 12.1. The van der Waals surface area contributed by atoms with Crippen LogP contribution in [0.15, 0.2) is 65.7 Å². The van der Waals surface area contributed by atoms with Gasteiger partial charge in [0.05, 0.1) is 6.04 Å². The first-order valence-corrected chi connectivity index (χ1v) is 10.3. The topological polar surface area (TPSA) is 68.8 Å². The maximum Gasteiger partial charge on any atom is 0.251 e. The molecule has 1 saturated heterocycles. The van der Waals surface area contributed by atoms with Gasteiger partial charge in [-0.2, -0.15) is 0 Å². The molecule has 0 saturated carbocycles. The van der Waals surface area contributed by atoms with Crippen LogP contribution in [0, 0.1) is 0 Å². The number of carbonyl (C=O) groups excluding carboxylic acids is 1. The molecule has 0 aromatic heterocycles. The van der Waals surface area contributed by atoms with E-state index in [0.29, 0.717) is 24.7 Å². The van der Waals surface area contributed by atoms with Crippen LogP contribution in [0.3, 0.4) is 0 Å². The van der Waals surface area contributed by atoms with Crippen molar-refractivity contribution < 1.29 is 4.79 Å². The number of nitrogens with one attached hydrogen (secondary N) is 3. The van der Waals surface area contributed by atoms with Crippen LogP contribution >= 0.6 is 24.0 Å². The first kappa shape index (κ1) is 24.1. The van der Waals surface area contributed by atoms with E-state index in [2.05, 4.69) is 56.2 Å². The third kappa shape index (κ3) is 7.28. The molecule has 0 radical (unpaired) electrons. The second-order valence-electron chi connectivity index (χ2n) is 7.17. The molecule has 162 valence electrons. The van der Waals surface area contributed by atoms with Gasteiger partial charge in [-0.15, -0.1) is 24.0 Å². The van der Waals surface area contributed by atoms with Gasteiger partial charge in [0.2, 0.25) is 0 Å². The van der Waals surface area contributed by atoms with Crippen LogP contribution in [0.4, 0.5) is 0 Å². The van der Waals surface area contributed by atoms with Gasteiger partial charge in [0.1, 0.15) is 0 Å². The molecule has 0 aliphatic carbocycles. The van der Waals surface area contributed by atoms with Crippen molar-refractivity contribution >= 4 is 35.8 Å². The maximum absolute atomic E-state index is 12.1. The van der Waals surface area contributed by atoms with E-state index in [1.807, 2.05) is 30.3 Å². The van der Waals surface area contributed by atoms with Gasteiger partial charge in [-0.25, -0.2) is 0 Å². The van der Waals surface area contributed by atoms with Crippen LogP contribution in [-0.4, -0.2) is 56.5 Å². The molecule has 0 spiro atoms. The number of likely N-dealkylation sites (tertiary alicyclic amines) is 1. The molecule has 1 aliphatic rings. The quantitative estimate of drug-likeness (QED) is 0.216. The number of hydrogen-bond acceptors (Lipinski definition) is 3. The van der Waals surface area contributed by atoms with E-state index in [9.17, 15) is 4.79 Å². The van der Waals surface area contributed by atoms with Crippen molar-refractivity contribution in [3.8, 4) is 0 Å². The Morgan fingerprint density at radius 3 is 2.17 bits per heavy atom. The molecular weight excluding hydrogens is 489 g/mol. The monoisotopic (exact) mass is 521 g/mol. The fraction of sp³-hybridized carbons (Fsp3) is 0.391. The van der Waals surface area contributed by atoms with Gasteiger partial charge in [0, 0.05) is 32.2 Å². The summed E-state index contributed by atoms with van der Waals surface area (Å²) in [5, 5.41) is 9.65. The number of aliphatic imine (C=N–C) groups is 1. The van der Waals surface area contributed by atoms with Crippen LogP contribution in [0.2, 0.25) is 0 Å². The van der Waals surface area contributed by atoms with Crippen molar-refractivity contribution in [1.29, 1.82) is 0 Å². The Kier molecular flexibility index (Phi) is 10.6. The Morgan fingerprint density at radius 2 is 1.53 bits per heavy atom. The van der Waals surface area contributed by atoms with Gasteiger partial charge < -0.3 is 16.0 Å². The van der Waals surface area contributed by atoms with E-state index in [0.717, 1.165) is 25.6 Å². The number of guanidine groups is 1. The van der Waals surface area contributed by atoms with Crippen LogP contribution in [0.5, 0.6) is 0 Å². The molecule has 1 amide bonds. The van der Waals surface area contributed by atoms with Gasteiger partial charge in [-0.3, -0.25) is 14.7 Å². The number of hydrogen-bond donors (Lipinski definition) is 3. The highest BCUT2D eigenvalue weighted by Gasteiger charge is 2.23. The second kappa shape index (κ2) is 13.2. The first-order valence-electron chi connectivity index (χ1n) is 10.3. The second-order valence-corrected chi connectivity index (χ2v) is 7.17. The molecule has 3 rings (SSSR count). The summed E-state index contributed by atoms with van der Waals surface area (Å²) in [5.41, 5.74) is 2.00. The largest absolute Gasteiger partial charge is 0.355 e. The average Bonchev–Trinajstić information content (AvgIpc) is 3.31.